The number of rotatable bonds is 4. The number of carbonyl (C=O) groups is 1. The Morgan fingerprint density at radius 1 is 1.38 bits per heavy atom. The molecule has 116 valence electrons. The summed E-state index contributed by atoms with van der Waals surface area (Å²) < 4.78 is 2.64. The van der Waals surface area contributed by atoms with E-state index in [-0.39, 0.29) is 5.91 Å². The molecular formula is C14H18Br3N3O. The monoisotopic (exact) mass is 481 g/mol. The van der Waals surface area contributed by atoms with Crippen molar-refractivity contribution in [2.45, 2.75) is 18.9 Å². The molecule has 1 heterocycles. The fourth-order valence-electron chi connectivity index (χ4n) is 2.41. The van der Waals surface area contributed by atoms with Crippen molar-refractivity contribution in [1.29, 1.82) is 0 Å². The molecule has 0 aromatic heterocycles. The van der Waals surface area contributed by atoms with Crippen LogP contribution >= 0.6 is 47.8 Å². The average Bonchev–Trinajstić information content (AvgIpc) is 2.43. The number of hydrogen-bond acceptors (Lipinski definition) is 3. The third-order valence-corrected chi connectivity index (χ3v) is 5.27. The molecule has 1 aromatic rings. The summed E-state index contributed by atoms with van der Waals surface area (Å²) in [5.41, 5.74) is 0.762. The molecule has 0 bridgehead atoms. The van der Waals surface area contributed by atoms with Gasteiger partial charge >= 0.3 is 0 Å². The topological polar surface area (TPSA) is 44.4 Å². The fourth-order valence-corrected chi connectivity index (χ4v) is 4.86. The van der Waals surface area contributed by atoms with Crippen LogP contribution in [-0.4, -0.2) is 43.5 Å². The van der Waals surface area contributed by atoms with Gasteiger partial charge in [0.05, 0.1) is 12.2 Å². The first kappa shape index (κ1) is 17.4. The van der Waals surface area contributed by atoms with Crippen LogP contribution in [-0.2, 0) is 4.79 Å². The highest BCUT2D eigenvalue weighted by molar-refractivity contribution is 9.11. The highest BCUT2D eigenvalue weighted by atomic mass is 79.9. The largest absolute Gasteiger partial charge is 0.323 e. The van der Waals surface area contributed by atoms with E-state index in [2.05, 4.69) is 63.3 Å². The van der Waals surface area contributed by atoms with Crippen LogP contribution in [0.3, 0.4) is 0 Å². The summed E-state index contributed by atoms with van der Waals surface area (Å²) >= 11 is 10.4. The van der Waals surface area contributed by atoms with E-state index in [1.807, 2.05) is 19.2 Å². The van der Waals surface area contributed by atoms with E-state index in [1.165, 1.54) is 6.42 Å². The quantitative estimate of drug-likeness (QED) is 0.688. The molecule has 1 aromatic carbocycles. The maximum atomic E-state index is 12.2. The molecule has 0 saturated carbocycles. The Morgan fingerprint density at radius 2 is 2.05 bits per heavy atom. The van der Waals surface area contributed by atoms with Gasteiger partial charge in [0.15, 0.2) is 0 Å². The summed E-state index contributed by atoms with van der Waals surface area (Å²) in [6.07, 6.45) is 2.31. The van der Waals surface area contributed by atoms with Crippen molar-refractivity contribution in [3.8, 4) is 0 Å². The Labute approximate surface area is 150 Å². The molecule has 4 nitrogen and oxygen atoms in total. The fraction of sp³-hybridized carbons (Fsp3) is 0.500. The van der Waals surface area contributed by atoms with Gasteiger partial charge in [-0.05, 0) is 70.4 Å². The minimum absolute atomic E-state index is 0.00760. The Bertz CT molecular complexity index is 495. The van der Waals surface area contributed by atoms with Crippen LogP contribution in [0.15, 0.2) is 25.6 Å². The lowest BCUT2D eigenvalue weighted by Crippen LogP contribution is -2.46. The second-order valence-corrected chi connectivity index (χ2v) is 7.83. The Balaban J connectivity index is 1.95. The van der Waals surface area contributed by atoms with Crippen LogP contribution in [0.5, 0.6) is 0 Å². The summed E-state index contributed by atoms with van der Waals surface area (Å²) in [4.78, 5) is 14.3. The molecule has 1 aliphatic rings. The molecular weight excluding hydrogens is 466 g/mol. The highest BCUT2D eigenvalue weighted by Crippen LogP contribution is 2.34. The van der Waals surface area contributed by atoms with E-state index >= 15 is 0 Å². The van der Waals surface area contributed by atoms with Crippen molar-refractivity contribution < 1.29 is 4.79 Å². The average molecular weight is 484 g/mol. The van der Waals surface area contributed by atoms with Crippen molar-refractivity contribution in [3.63, 3.8) is 0 Å². The van der Waals surface area contributed by atoms with Gasteiger partial charge in [-0.25, -0.2) is 0 Å². The predicted molar refractivity (Wildman–Crippen MR) is 96.7 cm³/mol. The van der Waals surface area contributed by atoms with E-state index in [4.69, 9.17) is 0 Å². The standard InChI is InChI=1S/C14H18Br3N3O/c1-20(10-3-2-4-18-7-10)8-13(21)19-14-11(16)5-9(15)6-12(14)17/h5-6,10,18H,2-4,7-8H2,1H3,(H,19,21). The van der Waals surface area contributed by atoms with Gasteiger partial charge < -0.3 is 10.6 Å². The molecule has 21 heavy (non-hydrogen) atoms. The van der Waals surface area contributed by atoms with Gasteiger partial charge in [-0.2, -0.15) is 0 Å². The first-order valence-corrected chi connectivity index (χ1v) is 9.20. The highest BCUT2D eigenvalue weighted by Gasteiger charge is 2.20. The van der Waals surface area contributed by atoms with Gasteiger partial charge in [0, 0.05) is 26.0 Å². The van der Waals surface area contributed by atoms with Gasteiger partial charge in [-0.1, -0.05) is 15.9 Å². The molecule has 7 heteroatoms. The number of halogens is 3. The lowest BCUT2D eigenvalue weighted by molar-refractivity contribution is -0.117. The predicted octanol–water partition coefficient (Wildman–Crippen LogP) is 3.60. The molecule has 2 rings (SSSR count). The first-order valence-electron chi connectivity index (χ1n) is 6.82. The molecule has 0 spiro atoms. The normalized spacial score (nSPS) is 18.8. The summed E-state index contributed by atoms with van der Waals surface area (Å²) in [7, 11) is 2.00. The Kier molecular flexibility index (Phi) is 6.68. The van der Waals surface area contributed by atoms with Crippen LogP contribution in [0.25, 0.3) is 0 Å². The minimum Gasteiger partial charge on any atom is -0.323 e. The van der Waals surface area contributed by atoms with Crippen molar-refractivity contribution >= 4 is 59.4 Å². The second kappa shape index (κ2) is 8.06. The second-order valence-electron chi connectivity index (χ2n) is 5.21. The lowest BCUT2D eigenvalue weighted by Gasteiger charge is -2.31. The number of amides is 1. The number of carbonyl (C=O) groups excluding carboxylic acids is 1. The zero-order valence-electron chi connectivity index (χ0n) is 11.8. The molecule has 1 amide bonds. The van der Waals surface area contributed by atoms with Crippen molar-refractivity contribution in [1.82, 2.24) is 10.2 Å². The zero-order valence-corrected chi connectivity index (χ0v) is 16.5. The molecule has 1 unspecified atom stereocenters. The summed E-state index contributed by atoms with van der Waals surface area (Å²) in [5, 5.41) is 6.33. The number of piperidine rings is 1. The van der Waals surface area contributed by atoms with Crippen LogP contribution in [0.1, 0.15) is 12.8 Å². The van der Waals surface area contributed by atoms with Crippen molar-refractivity contribution in [2.75, 3.05) is 32.0 Å². The lowest BCUT2D eigenvalue weighted by atomic mass is 10.1. The molecule has 2 N–H and O–H groups in total. The number of hydrogen-bond donors (Lipinski definition) is 2. The van der Waals surface area contributed by atoms with Crippen LogP contribution in [0.2, 0.25) is 0 Å². The Hall–Kier alpha value is 0.0500. The summed E-state index contributed by atoms with van der Waals surface area (Å²) in [6.45, 7) is 2.42. The minimum atomic E-state index is -0.00760. The molecule has 1 saturated heterocycles. The van der Waals surface area contributed by atoms with Gasteiger partial charge in [-0.15, -0.1) is 0 Å². The maximum absolute atomic E-state index is 12.2. The summed E-state index contributed by atoms with van der Waals surface area (Å²) in [6, 6.07) is 4.26. The maximum Gasteiger partial charge on any atom is 0.238 e. The van der Waals surface area contributed by atoms with Crippen LogP contribution < -0.4 is 10.6 Å². The molecule has 0 aliphatic carbocycles. The number of nitrogens with zero attached hydrogens (tertiary/aromatic N) is 1. The van der Waals surface area contributed by atoms with E-state index in [9.17, 15) is 4.79 Å². The third-order valence-electron chi connectivity index (χ3n) is 3.56. The zero-order chi connectivity index (χ0) is 15.4. The van der Waals surface area contributed by atoms with Crippen LogP contribution in [0.4, 0.5) is 5.69 Å². The number of likely N-dealkylation sites (N-methyl/N-ethyl adjacent to an activating group) is 1. The SMILES string of the molecule is CN(CC(=O)Nc1c(Br)cc(Br)cc1Br)C1CCCNC1. The van der Waals surface area contributed by atoms with E-state index in [0.29, 0.717) is 12.6 Å². The molecule has 1 fully saturated rings. The molecule has 1 aliphatic heterocycles. The molecule has 0 radical (unpaired) electrons. The van der Waals surface area contributed by atoms with E-state index in [1.54, 1.807) is 0 Å². The molecule has 1 atom stereocenters. The van der Waals surface area contributed by atoms with Gasteiger partial charge in [0.2, 0.25) is 5.91 Å². The van der Waals surface area contributed by atoms with Gasteiger partial charge in [0.25, 0.3) is 0 Å². The Morgan fingerprint density at radius 3 is 2.62 bits per heavy atom. The first-order chi connectivity index (χ1) is 9.97. The van der Waals surface area contributed by atoms with Gasteiger partial charge in [0.1, 0.15) is 0 Å². The van der Waals surface area contributed by atoms with Crippen molar-refractivity contribution in [3.05, 3.63) is 25.6 Å². The van der Waals surface area contributed by atoms with E-state index < -0.39 is 0 Å². The number of benzene rings is 1. The van der Waals surface area contributed by atoms with E-state index in [0.717, 1.165) is 38.6 Å². The summed E-state index contributed by atoms with van der Waals surface area (Å²) in [5.74, 6) is -0.00760. The number of anilines is 1. The van der Waals surface area contributed by atoms with Crippen LogP contribution in [0, 0.1) is 0 Å². The van der Waals surface area contributed by atoms with Crippen molar-refractivity contribution in [2.24, 2.45) is 0 Å². The third kappa shape index (κ3) is 5.03. The van der Waals surface area contributed by atoms with Gasteiger partial charge in [-0.3, -0.25) is 9.69 Å². The number of nitrogens with one attached hydrogen (secondary N) is 2. The smallest absolute Gasteiger partial charge is 0.238 e.